The molecule has 130 valence electrons. The van der Waals surface area contributed by atoms with Crippen molar-refractivity contribution in [2.75, 3.05) is 24.5 Å². The van der Waals surface area contributed by atoms with E-state index < -0.39 is 0 Å². The second-order valence-electron chi connectivity index (χ2n) is 7.54. The molecule has 3 aliphatic rings. The minimum Gasteiger partial charge on any atom is -0.362 e. The molecule has 0 aromatic carbocycles. The van der Waals surface area contributed by atoms with Crippen LogP contribution in [0, 0.1) is 11.8 Å². The summed E-state index contributed by atoms with van der Waals surface area (Å²) in [7, 11) is 0. The third-order valence-electron chi connectivity index (χ3n) is 5.79. The first-order chi connectivity index (χ1) is 11.7. The summed E-state index contributed by atoms with van der Waals surface area (Å²) >= 11 is 0. The van der Waals surface area contributed by atoms with Crippen molar-refractivity contribution in [3.63, 3.8) is 0 Å². The topological polar surface area (TPSA) is 67.4 Å². The third kappa shape index (κ3) is 3.11. The quantitative estimate of drug-likeness (QED) is 0.911. The Labute approximate surface area is 143 Å². The second-order valence-corrected chi connectivity index (χ2v) is 7.54. The van der Waals surface area contributed by atoms with Gasteiger partial charge in [-0.25, -0.2) is 9.97 Å². The smallest absolute Gasteiger partial charge is 0.249 e. The van der Waals surface area contributed by atoms with Crippen LogP contribution in [0.15, 0.2) is 18.5 Å². The van der Waals surface area contributed by atoms with Gasteiger partial charge in [0.2, 0.25) is 11.9 Å². The average Bonchev–Trinajstić information content (AvgIpc) is 3.35. The van der Waals surface area contributed by atoms with E-state index in [4.69, 9.17) is 4.74 Å². The van der Waals surface area contributed by atoms with Gasteiger partial charge in [0, 0.05) is 37.9 Å². The van der Waals surface area contributed by atoms with E-state index in [1.807, 2.05) is 6.07 Å². The molecule has 1 saturated carbocycles. The van der Waals surface area contributed by atoms with E-state index in [9.17, 15) is 4.79 Å². The lowest BCUT2D eigenvalue weighted by atomic mass is 9.80. The summed E-state index contributed by atoms with van der Waals surface area (Å²) in [5.41, 5.74) is -0.160. The molecule has 2 saturated heterocycles. The number of nitrogens with zero attached hydrogens (tertiary/aromatic N) is 3. The summed E-state index contributed by atoms with van der Waals surface area (Å²) in [6.45, 7) is 4.80. The summed E-state index contributed by atoms with van der Waals surface area (Å²) in [5.74, 6) is 1.93. The van der Waals surface area contributed by atoms with Crippen LogP contribution in [0.4, 0.5) is 5.95 Å². The van der Waals surface area contributed by atoms with Gasteiger partial charge in [-0.1, -0.05) is 6.92 Å². The van der Waals surface area contributed by atoms with Gasteiger partial charge in [0.25, 0.3) is 0 Å². The van der Waals surface area contributed by atoms with Crippen molar-refractivity contribution >= 4 is 11.9 Å². The fourth-order valence-corrected chi connectivity index (χ4v) is 3.98. The number of ether oxygens (including phenoxy) is 1. The molecule has 1 aromatic heterocycles. The van der Waals surface area contributed by atoms with Crippen molar-refractivity contribution in [3.05, 3.63) is 18.5 Å². The largest absolute Gasteiger partial charge is 0.362 e. The standard InChI is InChI=1S/C18H26N4O2/c1-13-12-22(17-19-8-2-9-20-17)10-7-18(13)6-5-15(24-18)16(23)21-11-14-3-4-14/h2,8-9,13-15H,3-7,10-12H2,1H3,(H,21,23)/t13-,15+,18+/m1/s1. The fraction of sp³-hybridized carbons (Fsp3) is 0.722. The molecule has 1 aromatic rings. The Hall–Kier alpha value is -1.69. The molecule has 1 amide bonds. The zero-order valence-corrected chi connectivity index (χ0v) is 14.3. The molecule has 3 atom stereocenters. The van der Waals surface area contributed by atoms with E-state index in [1.54, 1.807) is 12.4 Å². The van der Waals surface area contributed by atoms with Crippen molar-refractivity contribution in [1.82, 2.24) is 15.3 Å². The molecule has 6 nitrogen and oxygen atoms in total. The van der Waals surface area contributed by atoms with Gasteiger partial charge >= 0.3 is 0 Å². The summed E-state index contributed by atoms with van der Waals surface area (Å²) in [5, 5.41) is 3.06. The molecule has 1 N–H and O–H groups in total. The number of carbonyl (C=O) groups excluding carboxylic acids is 1. The molecule has 24 heavy (non-hydrogen) atoms. The second kappa shape index (κ2) is 6.31. The predicted octanol–water partition coefficient (Wildman–Crippen LogP) is 1.77. The van der Waals surface area contributed by atoms with Crippen LogP contribution < -0.4 is 10.2 Å². The van der Waals surface area contributed by atoms with E-state index in [0.717, 1.165) is 44.8 Å². The Bertz CT molecular complexity index is 592. The van der Waals surface area contributed by atoms with Gasteiger partial charge in [-0.05, 0) is 44.1 Å². The van der Waals surface area contributed by atoms with Gasteiger partial charge in [0.05, 0.1) is 5.60 Å². The van der Waals surface area contributed by atoms with Gasteiger partial charge in [0.1, 0.15) is 6.10 Å². The highest BCUT2D eigenvalue weighted by atomic mass is 16.5. The number of rotatable bonds is 4. The highest BCUT2D eigenvalue weighted by Gasteiger charge is 2.49. The van der Waals surface area contributed by atoms with Crippen molar-refractivity contribution < 1.29 is 9.53 Å². The Balaban J connectivity index is 1.35. The highest BCUT2D eigenvalue weighted by Crippen LogP contribution is 2.42. The van der Waals surface area contributed by atoms with Crippen molar-refractivity contribution in [2.45, 2.75) is 50.7 Å². The van der Waals surface area contributed by atoms with E-state index in [2.05, 4.69) is 27.1 Å². The number of nitrogens with one attached hydrogen (secondary N) is 1. The maximum atomic E-state index is 12.3. The van der Waals surface area contributed by atoms with Crippen LogP contribution >= 0.6 is 0 Å². The number of piperidine rings is 1. The van der Waals surface area contributed by atoms with Crippen LogP contribution in [0.1, 0.15) is 39.0 Å². The van der Waals surface area contributed by atoms with Crippen LogP contribution in [-0.4, -0.2) is 47.2 Å². The molecule has 3 fully saturated rings. The molecule has 2 aliphatic heterocycles. The van der Waals surface area contributed by atoms with E-state index in [-0.39, 0.29) is 17.6 Å². The van der Waals surface area contributed by atoms with Crippen molar-refractivity contribution in [2.24, 2.45) is 11.8 Å². The molecular weight excluding hydrogens is 304 g/mol. The Morgan fingerprint density at radius 2 is 2.12 bits per heavy atom. The number of hydrogen-bond donors (Lipinski definition) is 1. The van der Waals surface area contributed by atoms with Gasteiger partial charge in [-0.3, -0.25) is 4.79 Å². The zero-order valence-electron chi connectivity index (χ0n) is 14.3. The highest BCUT2D eigenvalue weighted by molar-refractivity contribution is 5.81. The summed E-state index contributed by atoms with van der Waals surface area (Å²) in [6.07, 6.45) is 8.54. The fourth-order valence-electron chi connectivity index (χ4n) is 3.98. The van der Waals surface area contributed by atoms with Crippen molar-refractivity contribution in [3.8, 4) is 0 Å². The van der Waals surface area contributed by atoms with Gasteiger partial charge in [-0.2, -0.15) is 0 Å². The molecule has 0 unspecified atom stereocenters. The van der Waals surface area contributed by atoms with E-state index in [0.29, 0.717) is 11.8 Å². The predicted molar refractivity (Wildman–Crippen MR) is 90.6 cm³/mol. The van der Waals surface area contributed by atoms with Crippen LogP contribution in [0.3, 0.4) is 0 Å². The van der Waals surface area contributed by atoms with E-state index >= 15 is 0 Å². The van der Waals surface area contributed by atoms with Crippen LogP contribution in [-0.2, 0) is 9.53 Å². The molecule has 1 spiro atoms. The number of anilines is 1. The van der Waals surface area contributed by atoms with Crippen molar-refractivity contribution in [1.29, 1.82) is 0 Å². The minimum atomic E-state index is -0.272. The number of aromatic nitrogens is 2. The minimum absolute atomic E-state index is 0.0831. The number of carbonyl (C=O) groups is 1. The van der Waals surface area contributed by atoms with Gasteiger partial charge in [0.15, 0.2) is 0 Å². The first-order valence-corrected chi connectivity index (χ1v) is 9.14. The summed E-state index contributed by atoms with van der Waals surface area (Å²) < 4.78 is 6.32. The van der Waals surface area contributed by atoms with Crippen LogP contribution in [0.2, 0.25) is 0 Å². The van der Waals surface area contributed by atoms with Crippen LogP contribution in [0.5, 0.6) is 0 Å². The van der Waals surface area contributed by atoms with Gasteiger partial charge < -0.3 is 15.0 Å². The number of amides is 1. The molecule has 4 rings (SSSR count). The SMILES string of the molecule is C[C@@H]1CN(c2ncccn2)CC[C@@]12CC[C@@H](C(=O)NCC1CC1)O2. The van der Waals surface area contributed by atoms with Crippen LogP contribution in [0.25, 0.3) is 0 Å². The molecule has 6 heteroatoms. The Morgan fingerprint density at radius 3 is 2.83 bits per heavy atom. The third-order valence-corrected chi connectivity index (χ3v) is 5.79. The monoisotopic (exact) mass is 330 g/mol. The van der Waals surface area contributed by atoms with E-state index in [1.165, 1.54) is 12.8 Å². The zero-order chi connectivity index (χ0) is 16.6. The van der Waals surface area contributed by atoms with Gasteiger partial charge in [-0.15, -0.1) is 0 Å². The lowest BCUT2D eigenvalue weighted by molar-refractivity contribution is -0.142. The summed E-state index contributed by atoms with van der Waals surface area (Å²) in [6, 6.07) is 1.84. The molecular formula is C18H26N4O2. The molecule has 1 aliphatic carbocycles. The Morgan fingerprint density at radius 1 is 1.33 bits per heavy atom. The first-order valence-electron chi connectivity index (χ1n) is 9.14. The first kappa shape index (κ1) is 15.8. The number of hydrogen-bond acceptors (Lipinski definition) is 5. The maximum absolute atomic E-state index is 12.3. The average molecular weight is 330 g/mol. The lowest BCUT2D eigenvalue weighted by Crippen LogP contribution is -2.52. The molecule has 0 bridgehead atoms. The Kier molecular flexibility index (Phi) is 4.16. The normalized spacial score (nSPS) is 33.0. The maximum Gasteiger partial charge on any atom is 0.249 e. The molecule has 0 radical (unpaired) electrons. The summed E-state index contributed by atoms with van der Waals surface area (Å²) in [4.78, 5) is 23.3. The lowest BCUT2D eigenvalue weighted by Gasteiger charge is -2.44. The molecule has 3 heterocycles.